The van der Waals surface area contributed by atoms with Gasteiger partial charge in [-0.05, 0) is 92.9 Å². The highest BCUT2D eigenvalue weighted by atomic mass is 16.3. The molecule has 2 aromatic heterocycles. The second-order valence-corrected chi connectivity index (χ2v) is 15.6. The van der Waals surface area contributed by atoms with Crippen LogP contribution in [-0.4, -0.2) is 0 Å². The van der Waals surface area contributed by atoms with Crippen LogP contribution in [0.4, 0.5) is 17.1 Å². The highest BCUT2D eigenvalue weighted by molar-refractivity contribution is 6.23. The molecule has 3 nitrogen and oxygen atoms in total. The Bertz CT molecular complexity index is 3550. The molecule has 12 aromatic rings. The Morgan fingerprint density at radius 1 is 0.279 bits per heavy atom. The lowest BCUT2D eigenvalue weighted by molar-refractivity contribution is 0.670. The molecule has 0 bridgehead atoms. The first-order valence-electron chi connectivity index (χ1n) is 20.7. The van der Waals surface area contributed by atoms with Crippen LogP contribution in [0.5, 0.6) is 0 Å². The third-order valence-electron chi connectivity index (χ3n) is 12.1. The summed E-state index contributed by atoms with van der Waals surface area (Å²) in [4.78, 5) is 2.39. The molecule has 0 unspecified atom stereocenters. The van der Waals surface area contributed by atoms with Gasteiger partial charge >= 0.3 is 0 Å². The van der Waals surface area contributed by atoms with E-state index in [1.165, 1.54) is 16.7 Å². The number of fused-ring (bicyclic) bond motifs is 8. The van der Waals surface area contributed by atoms with Crippen molar-refractivity contribution in [2.24, 2.45) is 0 Å². The average molecular weight is 780 g/mol. The zero-order valence-electron chi connectivity index (χ0n) is 33.1. The fraction of sp³-hybridized carbons (Fsp3) is 0. The van der Waals surface area contributed by atoms with Crippen LogP contribution in [-0.2, 0) is 0 Å². The standard InChI is InChI=1S/C58H37NO2/c1-4-15-38(16-5-1)40-27-31-44(32-28-40)59(45-33-29-42(30-34-45)46-24-14-25-50-48-22-12-13-26-54(48)60-57(46)50)53-35-43(39-17-6-2-7-18-39)36-55-56(53)52-37-51(41-19-8-3-9-20-41)47-21-10-11-23-49(47)58(52)61-55/h1-37H. The normalized spacial score (nSPS) is 11.6. The van der Waals surface area contributed by atoms with Crippen molar-refractivity contribution in [2.45, 2.75) is 0 Å². The van der Waals surface area contributed by atoms with Gasteiger partial charge in [0.2, 0.25) is 0 Å². The molecule has 0 aliphatic carbocycles. The smallest absolute Gasteiger partial charge is 0.143 e. The zero-order valence-corrected chi connectivity index (χ0v) is 33.1. The van der Waals surface area contributed by atoms with Crippen molar-refractivity contribution in [1.82, 2.24) is 0 Å². The highest BCUT2D eigenvalue weighted by Gasteiger charge is 2.24. The zero-order chi connectivity index (χ0) is 40.3. The second-order valence-electron chi connectivity index (χ2n) is 15.6. The van der Waals surface area contributed by atoms with Gasteiger partial charge in [0.05, 0.1) is 11.1 Å². The van der Waals surface area contributed by atoms with Crippen LogP contribution in [0, 0.1) is 0 Å². The summed E-state index contributed by atoms with van der Waals surface area (Å²) in [6, 6.07) is 79.8. The number of furan rings is 2. The Balaban J connectivity index is 1.12. The summed E-state index contributed by atoms with van der Waals surface area (Å²) in [5.74, 6) is 0. The maximum Gasteiger partial charge on any atom is 0.143 e. The lowest BCUT2D eigenvalue weighted by Gasteiger charge is -2.27. The van der Waals surface area contributed by atoms with Crippen molar-refractivity contribution in [1.29, 1.82) is 0 Å². The highest BCUT2D eigenvalue weighted by Crippen LogP contribution is 2.48. The van der Waals surface area contributed by atoms with Gasteiger partial charge < -0.3 is 13.7 Å². The van der Waals surface area contributed by atoms with Gasteiger partial charge in [0.1, 0.15) is 22.3 Å². The number of rotatable bonds is 7. The SMILES string of the molecule is c1ccc(-c2ccc(N(c3ccc(-c4cccc5c4oc4ccccc45)cc3)c3cc(-c4ccccc4)cc4oc5c6ccccc6c(-c6ccccc6)cc5c34)cc2)cc1. The molecule has 3 heteroatoms. The molecule has 10 aromatic carbocycles. The van der Waals surface area contributed by atoms with E-state index in [0.717, 1.165) is 99.5 Å². The maximum atomic E-state index is 7.06. The van der Waals surface area contributed by atoms with E-state index >= 15 is 0 Å². The predicted molar refractivity (Wildman–Crippen MR) is 255 cm³/mol. The largest absolute Gasteiger partial charge is 0.455 e. The molecule has 12 rings (SSSR count). The summed E-state index contributed by atoms with van der Waals surface area (Å²) in [5, 5.41) is 6.62. The van der Waals surface area contributed by atoms with Crippen LogP contribution in [0.15, 0.2) is 233 Å². The number of benzene rings is 10. The molecule has 0 aliphatic rings. The first kappa shape index (κ1) is 34.9. The molecule has 0 fully saturated rings. The Morgan fingerprint density at radius 3 is 1.46 bits per heavy atom. The van der Waals surface area contributed by atoms with E-state index in [1.807, 2.05) is 12.1 Å². The monoisotopic (exact) mass is 779 g/mol. The number of hydrogen-bond donors (Lipinski definition) is 0. The molecule has 0 radical (unpaired) electrons. The Kier molecular flexibility index (Phi) is 8.17. The fourth-order valence-corrected chi connectivity index (χ4v) is 9.16. The molecular formula is C58H37NO2. The van der Waals surface area contributed by atoms with Gasteiger partial charge in [-0.15, -0.1) is 0 Å². The molecule has 0 spiro atoms. The fourth-order valence-electron chi connectivity index (χ4n) is 9.16. The van der Waals surface area contributed by atoms with E-state index in [1.54, 1.807) is 0 Å². The van der Waals surface area contributed by atoms with E-state index in [2.05, 4.69) is 217 Å². The van der Waals surface area contributed by atoms with Crippen LogP contribution in [0.3, 0.4) is 0 Å². The molecule has 0 N–H and O–H groups in total. The third-order valence-corrected chi connectivity index (χ3v) is 12.1. The van der Waals surface area contributed by atoms with Crippen LogP contribution in [0.2, 0.25) is 0 Å². The molecule has 2 heterocycles. The van der Waals surface area contributed by atoms with Gasteiger partial charge in [-0.2, -0.15) is 0 Å². The Morgan fingerprint density at radius 2 is 0.770 bits per heavy atom. The predicted octanol–water partition coefficient (Wildman–Crippen LogP) is 16.8. The first-order valence-corrected chi connectivity index (χ1v) is 20.7. The Hall–Kier alpha value is -8.14. The van der Waals surface area contributed by atoms with E-state index < -0.39 is 0 Å². The van der Waals surface area contributed by atoms with Crippen LogP contribution in [0.25, 0.3) is 99.2 Å². The molecule has 0 atom stereocenters. The van der Waals surface area contributed by atoms with Crippen LogP contribution < -0.4 is 4.90 Å². The average Bonchev–Trinajstić information content (AvgIpc) is 3.92. The molecule has 286 valence electrons. The lowest BCUT2D eigenvalue weighted by Crippen LogP contribution is -2.10. The summed E-state index contributed by atoms with van der Waals surface area (Å²) in [6.45, 7) is 0. The topological polar surface area (TPSA) is 29.5 Å². The van der Waals surface area contributed by atoms with Gasteiger partial charge in [-0.3, -0.25) is 0 Å². The summed E-state index contributed by atoms with van der Waals surface area (Å²) in [6.07, 6.45) is 0. The minimum Gasteiger partial charge on any atom is -0.455 e. The summed E-state index contributed by atoms with van der Waals surface area (Å²) in [5.41, 5.74) is 15.6. The molecule has 0 saturated carbocycles. The number of nitrogens with zero attached hydrogens (tertiary/aromatic N) is 1. The van der Waals surface area contributed by atoms with E-state index in [0.29, 0.717) is 0 Å². The molecule has 61 heavy (non-hydrogen) atoms. The van der Waals surface area contributed by atoms with Crippen molar-refractivity contribution >= 4 is 71.7 Å². The Labute approximate surface area is 353 Å². The molecule has 0 amide bonds. The van der Waals surface area contributed by atoms with Crippen molar-refractivity contribution in [3.63, 3.8) is 0 Å². The van der Waals surface area contributed by atoms with E-state index in [-0.39, 0.29) is 0 Å². The summed E-state index contributed by atoms with van der Waals surface area (Å²) >= 11 is 0. The molecule has 0 saturated heterocycles. The third kappa shape index (κ3) is 5.90. The van der Waals surface area contributed by atoms with Crippen LogP contribution >= 0.6 is 0 Å². The van der Waals surface area contributed by atoms with Gasteiger partial charge in [-0.25, -0.2) is 0 Å². The first-order chi connectivity index (χ1) is 30.2. The van der Waals surface area contributed by atoms with Gasteiger partial charge in [0.15, 0.2) is 0 Å². The lowest BCUT2D eigenvalue weighted by atomic mass is 9.94. The van der Waals surface area contributed by atoms with Crippen molar-refractivity contribution in [3.8, 4) is 44.5 Å². The number of anilines is 3. The van der Waals surface area contributed by atoms with E-state index in [9.17, 15) is 0 Å². The summed E-state index contributed by atoms with van der Waals surface area (Å²) < 4.78 is 13.6. The van der Waals surface area contributed by atoms with Crippen molar-refractivity contribution in [3.05, 3.63) is 224 Å². The quantitative estimate of drug-likeness (QED) is 0.161. The van der Waals surface area contributed by atoms with Crippen molar-refractivity contribution in [2.75, 3.05) is 4.90 Å². The second kappa shape index (κ2) is 14.3. The van der Waals surface area contributed by atoms with Crippen LogP contribution in [0.1, 0.15) is 0 Å². The van der Waals surface area contributed by atoms with Crippen molar-refractivity contribution < 1.29 is 8.83 Å². The minimum atomic E-state index is 0.834. The van der Waals surface area contributed by atoms with Gasteiger partial charge in [0.25, 0.3) is 0 Å². The molecular weight excluding hydrogens is 743 g/mol. The minimum absolute atomic E-state index is 0.834. The number of para-hydroxylation sites is 2. The number of hydrogen-bond acceptors (Lipinski definition) is 3. The van der Waals surface area contributed by atoms with Gasteiger partial charge in [0, 0.05) is 38.5 Å². The van der Waals surface area contributed by atoms with E-state index in [4.69, 9.17) is 8.83 Å². The maximum absolute atomic E-state index is 7.06. The van der Waals surface area contributed by atoms with Gasteiger partial charge in [-0.1, -0.05) is 176 Å². The molecule has 0 aliphatic heterocycles. The summed E-state index contributed by atoms with van der Waals surface area (Å²) in [7, 11) is 0.